The van der Waals surface area contributed by atoms with E-state index in [1.807, 2.05) is 25.1 Å². The van der Waals surface area contributed by atoms with E-state index in [1.54, 1.807) is 19.2 Å². The SMILES string of the molecule is COc1ccc(C)cc1-c1nc2cccc(C(=O)O)c2o1. The van der Waals surface area contributed by atoms with Crippen molar-refractivity contribution in [2.75, 3.05) is 7.11 Å². The second-order valence-corrected chi connectivity index (χ2v) is 4.68. The van der Waals surface area contributed by atoms with Gasteiger partial charge in [0.15, 0.2) is 5.58 Å². The number of methoxy groups -OCH3 is 1. The second kappa shape index (κ2) is 4.94. The number of ether oxygens (including phenoxy) is 1. The third-order valence-corrected chi connectivity index (χ3v) is 3.23. The number of oxazole rings is 1. The third kappa shape index (κ3) is 2.23. The quantitative estimate of drug-likeness (QED) is 0.796. The molecule has 1 aromatic heterocycles. The number of carboxylic acids is 1. The Morgan fingerprint density at radius 1 is 1.29 bits per heavy atom. The summed E-state index contributed by atoms with van der Waals surface area (Å²) < 4.78 is 11.0. The van der Waals surface area contributed by atoms with E-state index in [0.29, 0.717) is 22.7 Å². The molecule has 0 bridgehead atoms. The highest BCUT2D eigenvalue weighted by molar-refractivity contribution is 6.00. The summed E-state index contributed by atoms with van der Waals surface area (Å²) >= 11 is 0. The van der Waals surface area contributed by atoms with Crippen molar-refractivity contribution in [1.29, 1.82) is 0 Å². The molecule has 21 heavy (non-hydrogen) atoms. The van der Waals surface area contributed by atoms with Crippen molar-refractivity contribution in [1.82, 2.24) is 4.98 Å². The summed E-state index contributed by atoms with van der Waals surface area (Å²) in [5, 5.41) is 9.20. The van der Waals surface area contributed by atoms with Gasteiger partial charge in [0.2, 0.25) is 5.89 Å². The molecule has 1 N–H and O–H groups in total. The number of hydrogen-bond acceptors (Lipinski definition) is 4. The summed E-state index contributed by atoms with van der Waals surface area (Å²) in [5.74, 6) is -0.0669. The molecular formula is C16H13NO4. The van der Waals surface area contributed by atoms with Crippen molar-refractivity contribution in [3.05, 3.63) is 47.5 Å². The van der Waals surface area contributed by atoms with E-state index in [0.717, 1.165) is 5.56 Å². The third-order valence-electron chi connectivity index (χ3n) is 3.23. The number of nitrogens with zero attached hydrogens (tertiary/aromatic N) is 1. The molecule has 0 spiro atoms. The molecule has 5 heteroatoms. The number of fused-ring (bicyclic) bond motifs is 1. The van der Waals surface area contributed by atoms with Gasteiger partial charge in [-0.25, -0.2) is 9.78 Å². The zero-order chi connectivity index (χ0) is 15.0. The van der Waals surface area contributed by atoms with Crippen molar-refractivity contribution in [2.24, 2.45) is 0 Å². The van der Waals surface area contributed by atoms with Crippen molar-refractivity contribution in [3.63, 3.8) is 0 Å². The summed E-state index contributed by atoms with van der Waals surface area (Å²) in [6.07, 6.45) is 0. The van der Waals surface area contributed by atoms with E-state index >= 15 is 0 Å². The summed E-state index contributed by atoms with van der Waals surface area (Å²) in [5.41, 5.74) is 2.60. The fourth-order valence-corrected chi connectivity index (χ4v) is 2.22. The van der Waals surface area contributed by atoms with E-state index in [1.165, 1.54) is 6.07 Å². The Balaban J connectivity index is 2.25. The predicted molar refractivity (Wildman–Crippen MR) is 77.7 cm³/mol. The molecule has 0 saturated carbocycles. The number of carboxylic acid groups (broad SMARTS) is 1. The molecule has 0 radical (unpaired) electrons. The number of rotatable bonds is 3. The van der Waals surface area contributed by atoms with Crippen LogP contribution in [0, 0.1) is 6.92 Å². The molecule has 0 aliphatic carbocycles. The van der Waals surface area contributed by atoms with Crippen LogP contribution < -0.4 is 4.74 Å². The minimum absolute atomic E-state index is 0.0952. The Morgan fingerprint density at radius 2 is 2.10 bits per heavy atom. The smallest absolute Gasteiger partial charge is 0.339 e. The van der Waals surface area contributed by atoms with Gasteiger partial charge in [-0.3, -0.25) is 0 Å². The van der Waals surface area contributed by atoms with Crippen molar-refractivity contribution in [3.8, 4) is 17.2 Å². The lowest BCUT2D eigenvalue weighted by Gasteiger charge is -2.05. The van der Waals surface area contributed by atoms with Gasteiger partial charge in [-0.15, -0.1) is 0 Å². The predicted octanol–water partition coefficient (Wildman–Crippen LogP) is 3.51. The molecule has 0 atom stereocenters. The Bertz CT molecular complexity index is 835. The molecule has 0 saturated heterocycles. The molecule has 5 nitrogen and oxygen atoms in total. The van der Waals surface area contributed by atoms with Gasteiger partial charge < -0.3 is 14.3 Å². The van der Waals surface area contributed by atoms with E-state index in [-0.39, 0.29) is 11.1 Å². The van der Waals surface area contributed by atoms with Crippen LogP contribution in [-0.2, 0) is 0 Å². The first kappa shape index (κ1) is 13.2. The monoisotopic (exact) mass is 283 g/mol. The first-order valence-electron chi connectivity index (χ1n) is 6.38. The van der Waals surface area contributed by atoms with Gasteiger partial charge in [-0.1, -0.05) is 17.7 Å². The minimum Gasteiger partial charge on any atom is -0.496 e. The van der Waals surface area contributed by atoms with Crippen molar-refractivity contribution >= 4 is 17.1 Å². The number of benzene rings is 2. The van der Waals surface area contributed by atoms with Crippen LogP contribution in [0.5, 0.6) is 5.75 Å². The molecule has 0 amide bonds. The van der Waals surface area contributed by atoms with E-state index in [2.05, 4.69) is 4.98 Å². The van der Waals surface area contributed by atoms with Gasteiger partial charge in [0.25, 0.3) is 0 Å². The van der Waals surface area contributed by atoms with Crippen molar-refractivity contribution < 1.29 is 19.1 Å². The maximum absolute atomic E-state index is 11.2. The zero-order valence-corrected chi connectivity index (χ0v) is 11.6. The Labute approximate surface area is 120 Å². The van der Waals surface area contributed by atoms with Gasteiger partial charge in [-0.05, 0) is 31.2 Å². The van der Waals surface area contributed by atoms with Gasteiger partial charge in [0, 0.05) is 0 Å². The Hall–Kier alpha value is -2.82. The van der Waals surface area contributed by atoms with Crippen LogP contribution in [0.4, 0.5) is 0 Å². The lowest BCUT2D eigenvalue weighted by molar-refractivity contribution is 0.0698. The second-order valence-electron chi connectivity index (χ2n) is 4.68. The summed E-state index contributed by atoms with van der Waals surface area (Å²) in [6.45, 7) is 1.95. The fraction of sp³-hybridized carbons (Fsp3) is 0.125. The topological polar surface area (TPSA) is 72.6 Å². The standard InChI is InChI=1S/C16H13NO4/c1-9-6-7-13(20-2)11(8-9)15-17-12-5-3-4-10(16(18)19)14(12)21-15/h3-8H,1-2H3,(H,18,19). The van der Waals surface area contributed by atoms with Crippen LogP contribution in [0.15, 0.2) is 40.8 Å². The Kier molecular flexibility index (Phi) is 3.10. The van der Waals surface area contributed by atoms with Crippen LogP contribution in [0.2, 0.25) is 0 Å². The normalized spacial score (nSPS) is 10.8. The summed E-state index contributed by atoms with van der Waals surface area (Å²) in [7, 11) is 1.57. The highest BCUT2D eigenvalue weighted by Crippen LogP contribution is 2.33. The van der Waals surface area contributed by atoms with E-state index in [4.69, 9.17) is 9.15 Å². The summed E-state index contributed by atoms with van der Waals surface area (Å²) in [6, 6.07) is 10.5. The van der Waals surface area contributed by atoms with Crippen LogP contribution in [0.1, 0.15) is 15.9 Å². The molecule has 2 aromatic carbocycles. The molecule has 0 unspecified atom stereocenters. The molecule has 0 aliphatic heterocycles. The van der Waals surface area contributed by atoms with Gasteiger partial charge >= 0.3 is 5.97 Å². The van der Waals surface area contributed by atoms with Gasteiger partial charge in [0.1, 0.15) is 16.8 Å². The molecule has 3 rings (SSSR count). The average molecular weight is 283 g/mol. The number of aromatic nitrogens is 1. The van der Waals surface area contributed by atoms with E-state index in [9.17, 15) is 9.90 Å². The average Bonchev–Trinajstić information content (AvgIpc) is 2.90. The number of carbonyl (C=O) groups is 1. The number of para-hydroxylation sites is 1. The molecule has 1 heterocycles. The highest BCUT2D eigenvalue weighted by atomic mass is 16.5. The fourth-order valence-electron chi connectivity index (χ4n) is 2.22. The van der Waals surface area contributed by atoms with Crippen LogP contribution in [0.3, 0.4) is 0 Å². The van der Waals surface area contributed by atoms with Crippen LogP contribution in [-0.4, -0.2) is 23.2 Å². The minimum atomic E-state index is -1.04. The lowest BCUT2D eigenvalue weighted by atomic mass is 10.1. The van der Waals surface area contributed by atoms with Crippen molar-refractivity contribution in [2.45, 2.75) is 6.92 Å². The lowest BCUT2D eigenvalue weighted by Crippen LogP contribution is -1.95. The first-order valence-corrected chi connectivity index (χ1v) is 6.38. The van der Waals surface area contributed by atoms with Gasteiger partial charge in [-0.2, -0.15) is 0 Å². The summed E-state index contributed by atoms with van der Waals surface area (Å²) in [4.78, 5) is 15.6. The van der Waals surface area contributed by atoms with Crippen LogP contribution in [0.25, 0.3) is 22.6 Å². The molecule has 106 valence electrons. The first-order chi connectivity index (χ1) is 10.1. The van der Waals surface area contributed by atoms with Crippen LogP contribution >= 0.6 is 0 Å². The number of aryl methyl sites for hydroxylation is 1. The molecule has 3 aromatic rings. The molecule has 0 fully saturated rings. The largest absolute Gasteiger partial charge is 0.496 e. The highest BCUT2D eigenvalue weighted by Gasteiger charge is 2.17. The Morgan fingerprint density at radius 3 is 2.81 bits per heavy atom. The maximum Gasteiger partial charge on any atom is 0.339 e. The van der Waals surface area contributed by atoms with Gasteiger partial charge in [0.05, 0.1) is 12.7 Å². The molecular weight excluding hydrogens is 270 g/mol. The van der Waals surface area contributed by atoms with E-state index < -0.39 is 5.97 Å². The number of hydrogen-bond donors (Lipinski definition) is 1. The maximum atomic E-state index is 11.2. The zero-order valence-electron chi connectivity index (χ0n) is 11.6. The number of aromatic carboxylic acids is 1. The molecule has 0 aliphatic rings.